The second kappa shape index (κ2) is 26.3. The van der Waals surface area contributed by atoms with Gasteiger partial charge in [-0.25, -0.2) is 9.97 Å². The second-order valence-electron chi connectivity index (χ2n) is 20.2. The zero-order chi connectivity index (χ0) is 56.5. The molecule has 0 aliphatic rings. The summed E-state index contributed by atoms with van der Waals surface area (Å²) in [6, 6.07) is 79.5. The van der Waals surface area contributed by atoms with Gasteiger partial charge in [0.2, 0.25) is 0 Å². The van der Waals surface area contributed by atoms with Crippen LogP contribution in [-0.4, -0.2) is 29.9 Å². The van der Waals surface area contributed by atoms with E-state index in [0.717, 1.165) is 117 Å². The Morgan fingerprint density at radius 1 is 0.179 bits per heavy atom. The van der Waals surface area contributed by atoms with Crippen LogP contribution in [0.4, 0.5) is 0 Å². The topological polar surface area (TPSA) is 77.3 Å². The lowest BCUT2D eigenvalue weighted by molar-refractivity contribution is 1.17. The van der Waals surface area contributed by atoms with E-state index in [1.54, 1.807) is 0 Å². The molecule has 12 rings (SSSR count). The van der Waals surface area contributed by atoms with E-state index in [9.17, 15) is 0 Å². The minimum atomic E-state index is 0.664. The van der Waals surface area contributed by atoms with E-state index in [4.69, 9.17) is 9.97 Å². The van der Waals surface area contributed by atoms with Gasteiger partial charge in [0.1, 0.15) is 0 Å². The molecule has 0 N–H and O–H groups in total. The third-order valence-corrected chi connectivity index (χ3v) is 14.1. The van der Waals surface area contributed by atoms with Gasteiger partial charge in [-0.1, -0.05) is 219 Å². The number of aromatic nitrogens is 6. The quantitative estimate of drug-likeness (QED) is 0.0846. The van der Waals surface area contributed by atoms with Crippen molar-refractivity contribution in [1.29, 1.82) is 0 Å². The average molecular weight is 1080 g/mol. The summed E-state index contributed by atoms with van der Waals surface area (Å²) >= 11 is 0. The molecule has 0 fully saturated rings. The van der Waals surface area contributed by atoms with E-state index in [1.165, 1.54) is 0 Å². The summed E-state index contributed by atoms with van der Waals surface area (Å²) in [5.41, 5.74) is 22.0. The SMILES string of the molecule is C(=Cc1cc(C=Cc2ccc(-c3ncc(/C=C\c4cc(C=Cc5ccc(-c6ccccn6)cc5)cc(/C=C\c5ccc(-c6ccccn6)cc5)c4)cn3)cc2)cc(/C=C\c2ccc(-c3ccccn3)cc2)c1)c1ccc(-c2ccccn2)cc1. The van der Waals surface area contributed by atoms with Crippen LogP contribution in [0.25, 0.3) is 129 Å². The first-order valence-corrected chi connectivity index (χ1v) is 27.9. The standard InChI is InChI=1S/C78H56N6/c1-5-45-79-74(9-1)69-35-25-57(26-36-69)13-18-62-49-63(19-14-58-27-37-70(38-28-58)75-10-2-6-46-80-75)51-64(50-62)22-17-61-33-43-73(44-34-61)78-83-55-68(56-84-78)24-23-67-53-65(20-15-59-29-39-71(40-30-59)76-11-3-7-47-81-76)52-66(54-67)21-16-60-31-41-72(42-32-60)77-12-4-8-48-82-77/h1-56H/b18-13-,19-14?,20-15-,21-16?,22-17?,24-23-. The molecule has 84 heavy (non-hydrogen) atoms. The van der Waals surface area contributed by atoms with Crippen molar-refractivity contribution in [3.05, 3.63) is 334 Å². The molecule has 398 valence electrons. The third-order valence-electron chi connectivity index (χ3n) is 14.1. The van der Waals surface area contributed by atoms with E-state index in [0.29, 0.717) is 5.82 Å². The van der Waals surface area contributed by atoms with Crippen molar-refractivity contribution in [3.8, 4) is 56.4 Å². The van der Waals surface area contributed by atoms with Crippen LogP contribution in [0.3, 0.4) is 0 Å². The predicted molar refractivity (Wildman–Crippen MR) is 353 cm³/mol. The molecule has 12 aromatic rings. The van der Waals surface area contributed by atoms with Crippen molar-refractivity contribution in [2.45, 2.75) is 0 Å². The van der Waals surface area contributed by atoms with E-state index in [1.807, 2.05) is 110 Å². The van der Waals surface area contributed by atoms with E-state index in [2.05, 4.69) is 251 Å². The Labute approximate surface area is 491 Å². The number of rotatable bonds is 17. The third kappa shape index (κ3) is 14.3. The first-order valence-electron chi connectivity index (χ1n) is 27.9. The fraction of sp³-hybridized carbons (Fsp3) is 0. The van der Waals surface area contributed by atoms with Gasteiger partial charge in [-0.05, 0) is 146 Å². The minimum Gasteiger partial charge on any atom is -0.256 e. The molecule has 5 aromatic heterocycles. The highest BCUT2D eigenvalue weighted by atomic mass is 14.9. The molecule has 0 saturated carbocycles. The second-order valence-corrected chi connectivity index (χ2v) is 20.2. The maximum Gasteiger partial charge on any atom is 0.159 e. The van der Waals surface area contributed by atoms with Crippen LogP contribution >= 0.6 is 0 Å². The Hall–Kier alpha value is -11.3. The van der Waals surface area contributed by atoms with Crippen molar-refractivity contribution in [3.63, 3.8) is 0 Å². The summed E-state index contributed by atoms with van der Waals surface area (Å²) in [7, 11) is 0. The Morgan fingerprint density at radius 3 is 0.619 bits per heavy atom. The van der Waals surface area contributed by atoms with Gasteiger partial charge in [-0.15, -0.1) is 0 Å². The van der Waals surface area contributed by atoms with Crippen LogP contribution in [-0.2, 0) is 0 Å². The fourth-order valence-electron chi connectivity index (χ4n) is 9.65. The van der Waals surface area contributed by atoms with E-state index >= 15 is 0 Å². The minimum absolute atomic E-state index is 0.664. The fourth-order valence-corrected chi connectivity index (χ4v) is 9.65. The summed E-state index contributed by atoms with van der Waals surface area (Å²) in [6.45, 7) is 0. The van der Waals surface area contributed by atoms with Gasteiger partial charge in [0.05, 0.1) is 22.8 Å². The van der Waals surface area contributed by atoms with Gasteiger partial charge in [-0.3, -0.25) is 19.9 Å². The molecule has 0 spiro atoms. The maximum absolute atomic E-state index is 4.80. The maximum atomic E-state index is 4.80. The van der Waals surface area contributed by atoms with Crippen molar-refractivity contribution in [2.24, 2.45) is 0 Å². The zero-order valence-corrected chi connectivity index (χ0v) is 46.0. The van der Waals surface area contributed by atoms with Crippen LogP contribution in [0.5, 0.6) is 0 Å². The molecular weight excluding hydrogens is 1020 g/mol. The lowest BCUT2D eigenvalue weighted by Gasteiger charge is -2.05. The van der Waals surface area contributed by atoms with Crippen molar-refractivity contribution in [1.82, 2.24) is 29.9 Å². The Morgan fingerprint density at radius 2 is 0.393 bits per heavy atom. The molecule has 6 heteroatoms. The number of hydrogen-bond donors (Lipinski definition) is 0. The molecule has 6 nitrogen and oxygen atoms in total. The van der Waals surface area contributed by atoms with E-state index in [-0.39, 0.29) is 0 Å². The highest BCUT2D eigenvalue weighted by Crippen LogP contribution is 2.26. The largest absolute Gasteiger partial charge is 0.256 e. The lowest BCUT2D eigenvalue weighted by atomic mass is 10.0. The number of benzene rings is 7. The average Bonchev–Trinajstić information content (AvgIpc) is 3.60. The molecular formula is C78H56N6. The van der Waals surface area contributed by atoms with Crippen LogP contribution in [0.2, 0.25) is 0 Å². The van der Waals surface area contributed by atoms with Gasteiger partial charge in [0, 0.05) is 70.6 Å². The van der Waals surface area contributed by atoms with Crippen LogP contribution in [0, 0.1) is 0 Å². The number of nitrogens with zero attached hydrogens (tertiary/aromatic N) is 6. The molecule has 0 aliphatic carbocycles. The summed E-state index contributed by atoms with van der Waals surface area (Å²) in [6.07, 6.45) is 36.8. The molecule has 0 aliphatic heterocycles. The summed E-state index contributed by atoms with van der Waals surface area (Å²) in [4.78, 5) is 27.6. The molecule has 5 heterocycles. The molecule has 0 amide bonds. The summed E-state index contributed by atoms with van der Waals surface area (Å²) in [5.74, 6) is 0.664. The van der Waals surface area contributed by atoms with Gasteiger partial charge in [-0.2, -0.15) is 0 Å². The monoisotopic (exact) mass is 1080 g/mol. The van der Waals surface area contributed by atoms with Crippen LogP contribution in [0.1, 0.15) is 66.8 Å². The van der Waals surface area contributed by atoms with Crippen LogP contribution in [0.15, 0.2) is 268 Å². The summed E-state index contributed by atoms with van der Waals surface area (Å²) < 4.78 is 0. The highest BCUT2D eigenvalue weighted by molar-refractivity contribution is 5.82. The Kier molecular flexibility index (Phi) is 16.7. The van der Waals surface area contributed by atoms with Crippen molar-refractivity contribution < 1.29 is 0 Å². The molecule has 0 saturated heterocycles. The van der Waals surface area contributed by atoms with Gasteiger partial charge >= 0.3 is 0 Å². The number of pyridine rings is 4. The Bertz CT molecular complexity index is 3800. The highest BCUT2D eigenvalue weighted by Gasteiger charge is 2.06. The first kappa shape index (κ1) is 53.3. The van der Waals surface area contributed by atoms with Crippen molar-refractivity contribution >= 4 is 72.9 Å². The Balaban J connectivity index is 0.744. The smallest absolute Gasteiger partial charge is 0.159 e. The molecule has 0 bridgehead atoms. The summed E-state index contributed by atoms with van der Waals surface area (Å²) in [5, 5.41) is 0. The van der Waals surface area contributed by atoms with E-state index < -0.39 is 0 Å². The molecule has 0 unspecified atom stereocenters. The first-order chi connectivity index (χ1) is 41.5. The zero-order valence-electron chi connectivity index (χ0n) is 46.0. The van der Waals surface area contributed by atoms with Gasteiger partial charge < -0.3 is 0 Å². The molecule has 7 aromatic carbocycles. The lowest BCUT2D eigenvalue weighted by Crippen LogP contribution is -1.89. The molecule has 0 atom stereocenters. The molecule has 0 radical (unpaired) electrons. The predicted octanol–water partition coefficient (Wildman–Crippen LogP) is 19.4. The van der Waals surface area contributed by atoms with Crippen molar-refractivity contribution in [2.75, 3.05) is 0 Å². The van der Waals surface area contributed by atoms with Gasteiger partial charge in [0.15, 0.2) is 5.82 Å². The van der Waals surface area contributed by atoms with Gasteiger partial charge in [0.25, 0.3) is 0 Å². The normalized spacial score (nSPS) is 11.8. The van der Waals surface area contributed by atoms with Crippen LogP contribution < -0.4 is 0 Å². The number of hydrogen-bond acceptors (Lipinski definition) is 6.